The Labute approximate surface area is 207 Å². The Hall–Kier alpha value is -3.10. The molecule has 1 N–H and O–H groups in total. The molecule has 2 aliphatic heterocycles. The summed E-state index contributed by atoms with van der Waals surface area (Å²) in [6.45, 7) is 2.69. The van der Waals surface area contributed by atoms with Crippen LogP contribution in [0.5, 0.6) is 0 Å². The molecule has 9 heteroatoms. The molecule has 0 spiro atoms. The van der Waals surface area contributed by atoms with Gasteiger partial charge in [0.15, 0.2) is 0 Å². The molecule has 2 aliphatic rings. The summed E-state index contributed by atoms with van der Waals surface area (Å²) in [7, 11) is 0. The van der Waals surface area contributed by atoms with Gasteiger partial charge in [0.1, 0.15) is 0 Å². The second-order valence-electron chi connectivity index (χ2n) is 8.66. The molecule has 1 aromatic heterocycles. The van der Waals surface area contributed by atoms with E-state index in [4.69, 9.17) is 11.6 Å². The summed E-state index contributed by atoms with van der Waals surface area (Å²) in [4.78, 5) is 30.1. The molecule has 0 saturated carbocycles. The van der Waals surface area contributed by atoms with Gasteiger partial charge in [-0.3, -0.25) is 14.9 Å². The van der Waals surface area contributed by atoms with E-state index in [0.29, 0.717) is 31.1 Å². The number of hydrogen-bond donors (Lipinski definition) is 1. The maximum absolute atomic E-state index is 13.4. The number of para-hydroxylation sites is 1. The van der Waals surface area contributed by atoms with Gasteiger partial charge in [0.25, 0.3) is 5.69 Å². The summed E-state index contributed by atoms with van der Waals surface area (Å²) in [5.41, 5.74) is 2.87. The number of nitrogens with zero attached hydrogens (tertiary/aromatic N) is 3. The van der Waals surface area contributed by atoms with Crippen LogP contribution in [-0.2, 0) is 17.6 Å². The molecule has 34 heavy (non-hydrogen) atoms. The first-order valence-electron chi connectivity index (χ1n) is 11.3. The van der Waals surface area contributed by atoms with Gasteiger partial charge in [-0.05, 0) is 48.1 Å². The van der Waals surface area contributed by atoms with Gasteiger partial charge in [-0.25, -0.2) is 0 Å². The number of rotatable bonds is 6. The van der Waals surface area contributed by atoms with Crippen LogP contribution in [-0.4, -0.2) is 43.1 Å². The summed E-state index contributed by atoms with van der Waals surface area (Å²) in [6.07, 6.45) is 1.26. The zero-order valence-electron chi connectivity index (χ0n) is 18.5. The average Bonchev–Trinajstić information content (AvgIpc) is 3.36. The summed E-state index contributed by atoms with van der Waals surface area (Å²) in [5, 5.41) is 17.2. The SMILES string of the molecule is O=C(NCCc1cccs1)[C@H]1Cc2cc([N+](=O)[O-])ccc2N2CCN(c3ccccc3Cl)C[C@@H]12. The quantitative estimate of drug-likeness (QED) is 0.400. The molecule has 2 atom stereocenters. The largest absolute Gasteiger partial charge is 0.366 e. The fourth-order valence-corrected chi connectivity index (χ4v) is 6.01. The van der Waals surface area contributed by atoms with E-state index in [1.807, 2.05) is 41.8 Å². The van der Waals surface area contributed by atoms with Crippen LogP contribution in [0.25, 0.3) is 0 Å². The van der Waals surface area contributed by atoms with Crippen molar-refractivity contribution in [2.24, 2.45) is 5.92 Å². The first kappa shape index (κ1) is 22.7. The van der Waals surface area contributed by atoms with Crippen molar-refractivity contribution in [1.29, 1.82) is 0 Å². The number of anilines is 2. The minimum atomic E-state index is -0.377. The van der Waals surface area contributed by atoms with Gasteiger partial charge in [-0.15, -0.1) is 11.3 Å². The number of benzene rings is 2. The molecule has 0 radical (unpaired) electrons. The molecule has 0 bridgehead atoms. The van der Waals surface area contributed by atoms with Crippen molar-refractivity contribution >= 4 is 45.9 Å². The third kappa shape index (κ3) is 4.48. The van der Waals surface area contributed by atoms with Crippen LogP contribution in [0, 0.1) is 16.0 Å². The Morgan fingerprint density at radius 3 is 2.76 bits per heavy atom. The van der Waals surface area contributed by atoms with Gasteiger partial charge in [0.05, 0.1) is 27.6 Å². The average molecular weight is 497 g/mol. The number of nitro groups is 1. The third-order valence-electron chi connectivity index (χ3n) is 6.69. The van der Waals surface area contributed by atoms with Crippen LogP contribution in [0.15, 0.2) is 60.0 Å². The number of carbonyl (C=O) groups excluding carboxylic acids is 1. The molecule has 1 saturated heterocycles. The molecule has 0 aliphatic carbocycles. The van der Waals surface area contributed by atoms with Gasteiger partial charge in [-0.2, -0.15) is 0 Å². The number of nitrogens with one attached hydrogen (secondary N) is 1. The van der Waals surface area contributed by atoms with Crippen LogP contribution in [0.4, 0.5) is 17.1 Å². The normalized spacial score (nSPS) is 19.3. The van der Waals surface area contributed by atoms with Crippen LogP contribution in [0.2, 0.25) is 5.02 Å². The molecule has 176 valence electrons. The van der Waals surface area contributed by atoms with Gasteiger partial charge in [0, 0.05) is 48.9 Å². The predicted octanol–water partition coefficient (Wildman–Crippen LogP) is 4.54. The van der Waals surface area contributed by atoms with E-state index in [1.54, 1.807) is 23.5 Å². The van der Waals surface area contributed by atoms with Gasteiger partial charge >= 0.3 is 0 Å². The van der Waals surface area contributed by atoms with E-state index in [-0.39, 0.29) is 28.5 Å². The summed E-state index contributed by atoms with van der Waals surface area (Å²) < 4.78 is 0. The summed E-state index contributed by atoms with van der Waals surface area (Å²) in [5.74, 6) is -0.326. The van der Waals surface area contributed by atoms with Crippen molar-refractivity contribution in [3.63, 3.8) is 0 Å². The number of fused-ring (bicyclic) bond motifs is 3. The highest BCUT2D eigenvalue weighted by molar-refractivity contribution is 7.09. The molecular formula is C25H25ClN4O3S. The second kappa shape index (κ2) is 9.64. The number of thiophene rings is 1. The molecular weight excluding hydrogens is 472 g/mol. The lowest BCUT2D eigenvalue weighted by Gasteiger charge is -2.49. The van der Waals surface area contributed by atoms with Crippen molar-refractivity contribution in [1.82, 2.24) is 5.32 Å². The van der Waals surface area contributed by atoms with E-state index < -0.39 is 0 Å². The van der Waals surface area contributed by atoms with Crippen LogP contribution >= 0.6 is 22.9 Å². The zero-order chi connectivity index (χ0) is 23.7. The first-order valence-corrected chi connectivity index (χ1v) is 12.6. The minimum absolute atomic E-state index is 0.00952. The smallest absolute Gasteiger partial charge is 0.269 e. The standard InChI is InChI=1S/C25H25ClN4O3S/c26-21-5-1-2-6-23(21)28-11-12-29-22-8-7-18(30(32)33)14-17(22)15-20(24(29)16-28)25(31)27-10-9-19-4-3-13-34-19/h1-8,13-14,20,24H,9-12,15-16H2,(H,27,31)/t20-,24-/m0/s1. The topological polar surface area (TPSA) is 78.7 Å². The van der Waals surface area contributed by atoms with Crippen LogP contribution < -0.4 is 15.1 Å². The summed E-state index contributed by atoms with van der Waals surface area (Å²) in [6, 6.07) is 16.8. The highest BCUT2D eigenvalue weighted by Crippen LogP contribution is 2.39. The number of halogens is 1. The molecule has 0 unspecified atom stereocenters. The maximum Gasteiger partial charge on any atom is 0.269 e. The van der Waals surface area contributed by atoms with Gasteiger partial charge < -0.3 is 15.1 Å². The molecule has 3 aromatic rings. The highest BCUT2D eigenvalue weighted by atomic mass is 35.5. The van der Waals surface area contributed by atoms with Gasteiger partial charge in [-0.1, -0.05) is 29.8 Å². The van der Waals surface area contributed by atoms with Crippen molar-refractivity contribution in [2.45, 2.75) is 18.9 Å². The lowest BCUT2D eigenvalue weighted by Crippen LogP contribution is -2.61. The fourth-order valence-electron chi connectivity index (χ4n) is 5.04. The van der Waals surface area contributed by atoms with Gasteiger partial charge in [0.2, 0.25) is 5.91 Å². The second-order valence-corrected chi connectivity index (χ2v) is 10.1. The van der Waals surface area contributed by atoms with E-state index in [0.717, 1.165) is 29.9 Å². The molecule has 2 aromatic carbocycles. The minimum Gasteiger partial charge on any atom is -0.366 e. The number of carbonyl (C=O) groups is 1. The Morgan fingerprint density at radius 1 is 1.15 bits per heavy atom. The highest BCUT2D eigenvalue weighted by Gasteiger charge is 2.42. The van der Waals surface area contributed by atoms with Crippen LogP contribution in [0.1, 0.15) is 10.4 Å². The number of hydrogen-bond acceptors (Lipinski definition) is 6. The number of piperazine rings is 1. The molecule has 3 heterocycles. The molecule has 5 rings (SSSR count). The number of amides is 1. The van der Waals surface area contributed by atoms with Crippen LogP contribution in [0.3, 0.4) is 0 Å². The molecule has 1 amide bonds. The predicted molar refractivity (Wildman–Crippen MR) is 136 cm³/mol. The molecule has 1 fully saturated rings. The van der Waals surface area contributed by atoms with Crippen molar-refractivity contribution in [3.8, 4) is 0 Å². The lowest BCUT2D eigenvalue weighted by molar-refractivity contribution is -0.384. The maximum atomic E-state index is 13.4. The number of nitro benzene ring substituents is 1. The first-order chi connectivity index (χ1) is 16.5. The lowest BCUT2D eigenvalue weighted by atomic mass is 9.83. The van der Waals surface area contributed by atoms with E-state index in [1.165, 1.54) is 4.88 Å². The zero-order valence-corrected chi connectivity index (χ0v) is 20.1. The molecule has 7 nitrogen and oxygen atoms in total. The third-order valence-corrected chi connectivity index (χ3v) is 7.94. The van der Waals surface area contributed by atoms with Crippen molar-refractivity contribution in [3.05, 3.63) is 85.6 Å². The fraction of sp³-hybridized carbons (Fsp3) is 0.320. The van der Waals surface area contributed by atoms with E-state index in [9.17, 15) is 14.9 Å². The Morgan fingerprint density at radius 2 is 2.00 bits per heavy atom. The Kier molecular flexibility index (Phi) is 6.43. The van der Waals surface area contributed by atoms with E-state index in [2.05, 4.69) is 21.2 Å². The van der Waals surface area contributed by atoms with Crippen molar-refractivity contribution < 1.29 is 9.72 Å². The Balaban J connectivity index is 1.41. The Bertz CT molecular complexity index is 1200. The monoisotopic (exact) mass is 496 g/mol. The summed E-state index contributed by atoms with van der Waals surface area (Å²) >= 11 is 8.16. The van der Waals surface area contributed by atoms with E-state index >= 15 is 0 Å². The number of non-ortho nitro benzene ring substituents is 1. The van der Waals surface area contributed by atoms with Crippen molar-refractivity contribution in [2.75, 3.05) is 36.0 Å².